The Labute approximate surface area is 132 Å². The smallest absolute Gasteiger partial charge is 0.283 e. The van der Waals surface area contributed by atoms with Crippen LogP contribution in [0.4, 0.5) is 18.9 Å². The van der Waals surface area contributed by atoms with E-state index in [9.17, 15) is 21.6 Å². The summed E-state index contributed by atoms with van der Waals surface area (Å²) in [5.41, 5.74) is -0.0248. The van der Waals surface area contributed by atoms with Crippen LogP contribution < -0.4 is 4.72 Å². The van der Waals surface area contributed by atoms with Crippen LogP contribution in [0.25, 0.3) is 11.3 Å². The molecule has 8 heteroatoms. The van der Waals surface area contributed by atoms with Crippen molar-refractivity contribution in [3.8, 4) is 11.3 Å². The van der Waals surface area contributed by atoms with Crippen molar-refractivity contribution in [1.29, 1.82) is 0 Å². The summed E-state index contributed by atoms with van der Waals surface area (Å²) in [5.74, 6) is 0. The summed E-state index contributed by atoms with van der Waals surface area (Å²) in [5, 5.41) is 0. The summed E-state index contributed by atoms with van der Waals surface area (Å²) in [6, 6.07) is 6.37. The fourth-order valence-electron chi connectivity index (χ4n) is 2.16. The van der Waals surface area contributed by atoms with Gasteiger partial charge in [0.05, 0.1) is 23.2 Å². The Balaban J connectivity index is 2.60. The van der Waals surface area contributed by atoms with Crippen LogP contribution in [-0.4, -0.2) is 19.7 Å². The molecule has 1 aromatic carbocycles. The summed E-state index contributed by atoms with van der Waals surface area (Å²) in [4.78, 5) is 4.05. The number of rotatable bonds is 4. The zero-order chi connectivity index (χ0) is 17.3. The summed E-state index contributed by atoms with van der Waals surface area (Å²) in [6.07, 6.45) is -1.66. The molecule has 1 N–H and O–H groups in total. The van der Waals surface area contributed by atoms with Crippen LogP contribution >= 0.6 is 0 Å². The van der Waals surface area contributed by atoms with E-state index in [-0.39, 0.29) is 16.9 Å². The van der Waals surface area contributed by atoms with E-state index >= 15 is 0 Å². The van der Waals surface area contributed by atoms with Gasteiger partial charge >= 0.3 is 6.18 Å². The molecule has 0 aliphatic heterocycles. The number of anilines is 1. The van der Waals surface area contributed by atoms with Crippen LogP contribution in [0.5, 0.6) is 0 Å². The summed E-state index contributed by atoms with van der Waals surface area (Å²) >= 11 is 0. The zero-order valence-electron chi connectivity index (χ0n) is 12.5. The third kappa shape index (κ3) is 4.22. The molecule has 0 fully saturated rings. The average Bonchev–Trinajstić information content (AvgIpc) is 2.44. The summed E-state index contributed by atoms with van der Waals surface area (Å²) < 4.78 is 64.5. The van der Waals surface area contributed by atoms with Crippen molar-refractivity contribution in [2.75, 3.05) is 11.0 Å². The maximum Gasteiger partial charge on any atom is 0.417 e. The van der Waals surface area contributed by atoms with E-state index in [4.69, 9.17) is 0 Å². The minimum Gasteiger partial charge on any atom is -0.283 e. The fourth-order valence-corrected chi connectivity index (χ4v) is 2.75. The molecule has 0 amide bonds. The summed E-state index contributed by atoms with van der Waals surface area (Å²) in [7, 11) is -3.55. The van der Waals surface area contributed by atoms with E-state index in [0.29, 0.717) is 12.0 Å². The molecule has 124 valence electrons. The molecule has 0 spiro atoms. The highest BCUT2D eigenvalue weighted by Crippen LogP contribution is 2.37. The fraction of sp³-hybridized carbons (Fsp3) is 0.267. The first-order chi connectivity index (χ1) is 10.6. The molecule has 1 heterocycles. The van der Waals surface area contributed by atoms with Gasteiger partial charge in [-0.15, -0.1) is 0 Å². The molecule has 2 aromatic rings. The number of sulfonamides is 1. The first-order valence-electron chi connectivity index (χ1n) is 6.75. The Morgan fingerprint density at radius 2 is 1.87 bits per heavy atom. The molecule has 0 saturated carbocycles. The quantitative estimate of drug-likeness (QED) is 0.920. The van der Waals surface area contributed by atoms with E-state index in [1.807, 2.05) is 0 Å². The molecule has 4 nitrogen and oxygen atoms in total. The Morgan fingerprint density at radius 3 is 2.43 bits per heavy atom. The second kappa shape index (κ2) is 6.19. The van der Waals surface area contributed by atoms with Crippen molar-refractivity contribution in [3.63, 3.8) is 0 Å². The Hall–Kier alpha value is -2.09. The lowest BCUT2D eigenvalue weighted by Gasteiger charge is -2.15. The van der Waals surface area contributed by atoms with Crippen molar-refractivity contribution >= 4 is 15.7 Å². The third-order valence-corrected chi connectivity index (χ3v) is 3.76. The van der Waals surface area contributed by atoms with Crippen molar-refractivity contribution in [3.05, 3.63) is 47.7 Å². The van der Waals surface area contributed by atoms with E-state index in [0.717, 1.165) is 12.3 Å². The first-order valence-corrected chi connectivity index (χ1v) is 8.64. The lowest BCUT2D eigenvalue weighted by Crippen LogP contribution is -2.12. The maximum absolute atomic E-state index is 13.1. The van der Waals surface area contributed by atoms with E-state index in [1.165, 1.54) is 30.5 Å². The monoisotopic (exact) mass is 344 g/mol. The normalized spacial score (nSPS) is 12.2. The number of aromatic nitrogens is 1. The predicted molar refractivity (Wildman–Crippen MR) is 82.5 cm³/mol. The van der Waals surface area contributed by atoms with Gasteiger partial charge in [-0.1, -0.05) is 25.1 Å². The Bertz CT molecular complexity index is 818. The molecule has 0 bridgehead atoms. The van der Waals surface area contributed by atoms with Crippen LogP contribution in [0.15, 0.2) is 36.5 Å². The second-order valence-electron chi connectivity index (χ2n) is 5.00. The van der Waals surface area contributed by atoms with Crippen LogP contribution in [0, 0.1) is 0 Å². The third-order valence-electron chi connectivity index (χ3n) is 3.17. The largest absolute Gasteiger partial charge is 0.417 e. The standard InChI is InChI=1S/C15H15F3N2O2S/c1-3-10-9-19-14(8-13(10)20-23(2,21)22)11-6-4-5-7-12(11)15(16,17)18/h4-9H,3H2,1-2H3,(H,19,20). The summed E-state index contributed by atoms with van der Waals surface area (Å²) in [6.45, 7) is 1.80. The number of nitrogens with one attached hydrogen (secondary N) is 1. The SMILES string of the molecule is CCc1cnc(-c2ccccc2C(F)(F)F)cc1NS(C)(=O)=O. The van der Waals surface area contributed by atoms with Gasteiger partial charge in [0.15, 0.2) is 0 Å². The zero-order valence-corrected chi connectivity index (χ0v) is 13.3. The first kappa shape index (κ1) is 17.3. The van der Waals surface area contributed by atoms with Gasteiger partial charge in [-0.3, -0.25) is 9.71 Å². The topological polar surface area (TPSA) is 59.1 Å². The maximum atomic E-state index is 13.1. The van der Waals surface area contributed by atoms with Crippen LogP contribution in [0.2, 0.25) is 0 Å². The molecular formula is C15H15F3N2O2S. The molecule has 2 rings (SSSR count). The number of hydrogen-bond acceptors (Lipinski definition) is 3. The van der Waals surface area contributed by atoms with Gasteiger partial charge in [0.2, 0.25) is 10.0 Å². The van der Waals surface area contributed by atoms with Gasteiger partial charge in [0.25, 0.3) is 0 Å². The number of hydrogen-bond donors (Lipinski definition) is 1. The molecule has 0 saturated heterocycles. The molecule has 1 aromatic heterocycles. The molecule has 0 unspecified atom stereocenters. The second-order valence-corrected chi connectivity index (χ2v) is 6.75. The molecule has 0 atom stereocenters. The highest BCUT2D eigenvalue weighted by Gasteiger charge is 2.33. The van der Waals surface area contributed by atoms with E-state index in [1.54, 1.807) is 6.92 Å². The number of nitrogens with zero attached hydrogens (tertiary/aromatic N) is 1. The van der Waals surface area contributed by atoms with Crippen molar-refractivity contribution in [2.24, 2.45) is 0 Å². The molecule has 0 radical (unpaired) electrons. The van der Waals surface area contributed by atoms with Gasteiger partial charge in [-0.05, 0) is 24.1 Å². The highest BCUT2D eigenvalue weighted by molar-refractivity contribution is 7.92. The predicted octanol–water partition coefficient (Wildman–Crippen LogP) is 3.70. The lowest BCUT2D eigenvalue weighted by atomic mass is 10.0. The van der Waals surface area contributed by atoms with Gasteiger partial charge in [0, 0.05) is 11.8 Å². The molecular weight excluding hydrogens is 329 g/mol. The van der Waals surface area contributed by atoms with Gasteiger partial charge in [-0.2, -0.15) is 13.2 Å². The van der Waals surface area contributed by atoms with Gasteiger partial charge in [0.1, 0.15) is 0 Å². The van der Waals surface area contributed by atoms with Gasteiger partial charge < -0.3 is 0 Å². The van der Waals surface area contributed by atoms with Crippen molar-refractivity contribution in [1.82, 2.24) is 4.98 Å². The van der Waals surface area contributed by atoms with Crippen LogP contribution in [0.1, 0.15) is 18.1 Å². The van der Waals surface area contributed by atoms with Crippen molar-refractivity contribution in [2.45, 2.75) is 19.5 Å². The van der Waals surface area contributed by atoms with E-state index in [2.05, 4.69) is 9.71 Å². The highest BCUT2D eigenvalue weighted by atomic mass is 32.2. The minimum atomic E-state index is -4.52. The molecule has 0 aliphatic carbocycles. The number of benzene rings is 1. The number of pyridine rings is 1. The van der Waals surface area contributed by atoms with Crippen LogP contribution in [-0.2, 0) is 22.6 Å². The number of halogens is 3. The van der Waals surface area contributed by atoms with Gasteiger partial charge in [-0.25, -0.2) is 8.42 Å². The minimum absolute atomic E-state index is 0.0567. The van der Waals surface area contributed by atoms with E-state index < -0.39 is 21.8 Å². The van der Waals surface area contributed by atoms with Crippen LogP contribution in [0.3, 0.4) is 0 Å². The Morgan fingerprint density at radius 1 is 1.22 bits per heavy atom. The molecule has 23 heavy (non-hydrogen) atoms. The average molecular weight is 344 g/mol. The number of aryl methyl sites for hydroxylation is 1. The lowest BCUT2D eigenvalue weighted by molar-refractivity contribution is -0.137. The van der Waals surface area contributed by atoms with Crippen molar-refractivity contribution < 1.29 is 21.6 Å². The molecule has 0 aliphatic rings. The Kier molecular flexibility index (Phi) is 4.65. The number of alkyl halides is 3.